The van der Waals surface area contributed by atoms with Gasteiger partial charge in [-0.25, -0.2) is 4.79 Å². The first-order chi connectivity index (χ1) is 11.0. The number of benzene rings is 1. The third-order valence-corrected chi connectivity index (χ3v) is 5.21. The quantitative estimate of drug-likeness (QED) is 0.590. The van der Waals surface area contributed by atoms with Gasteiger partial charge in [0.05, 0.1) is 4.91 Å². The van der Waals surface area contributed by atoms with Crippen molar-refractivity contribution < 1.29 is 19.8 Å². The summed E-state index contributed by atoms with van der Waals surface area (Å²) in [6, 6.07) is 5.64. The number of aliphatic carboxylic acids is 1. The molecule has 1 aromatic rings. The Morgan fingerprint density at radius 1 is 1.48 bits per heavy atom. The van der Waals surface area contributed by atoms with Gasteiger partial charge in [0, 0.05) is 5.56 Å². The lowest BCUT2D eigenvalue weighted by molar-refractivity contribution is -0.145. The second-order valence-corrected chi connectivity index (χ2v) is 7.41. The van der Waals surface area contributed by atoms with Crippen molar-refractivity contribution in [3.05, 3.63) is 34.7 Å². The van der Waals surface area contributed by atoms with Gasteiger partial charge in [0.15, 0.2) is 0 Å². The maximum absolute atomic E-state index is 12.5. The molecule has 0 aliphatic carbocycles. The van der Waals surface area contributed by atoms with E-state index in [0.717, 1.165) is 16.7 Å². The van der Waals surface area contributed by atoms with Crippen LogP contribution in [0.3, 0.4) is 0 Å². The Labute approximate surface area is 147 Å². The van der Waals surface area contributed by atoms with Gasteiger partial charge in [0.25, 0.3) is 5.91 Å². The zero-order valence-electron chi connectivity index (χ0n) is 12.3. The van der Waals surface area contributed by atoms with Gasteiger partial charge in [0.1, 0.15) is 16.1 Å². The maximum atomic E-state index is 12.5. The first-order valence-corrected chi connectivity index (χ1v) is 9.34. The highest BCUT2D eigenvalue weighted by Crippen LogP contribution is 2.35. The van der Waals surface area contributed by atoms with Crippen molar-refractivity contribution in [1.82, 2.24) is 4.90 Å². The van der Waals surface area contributed by atoms with Crippen molar-refractivity contribution in [3.63, 3.8) is 0 Å². The van der Waals surface area contributed by atoms with E-state index in [1.54, 1.807) is 18.2 Å². The van der Waals surface area contributed by atoms with Crippen molar-refractivity contribution in [2.24, 2.45) is 0 Å². The summed E-state index contributed by atoms with van der Waals surface area (Å²) in [7, 11) is 0. The molecule has 0 radical (unpaired) electrons. The monoisotopic (exact) mass is 369 g/mol. The lowest BCUT2D eigenvalue weighted by atomic mass is 10.1. The molecule has 1 amide bonds. The van der Waals surface area contributed by atoms with E-state index < -0.39 is 17.9 Å². The van der Waals surface area contributed by atoms with Crippen LogP contribution in [0.5, 0.6) is 5.75 Å². The Bertz CT molecular complexity index is 674. The van der Waals surface area contributed by atoms with Crippen LogP contribution in [0.1, 0.15) is 12.0 Å². The summed E-state index contributed by atoms with van der Waals surface area (Å²) in [6.45, 7) is 0. The molecule has 1 heterocycles. The molecule has 0 spiro atoms. The number of hydrogen-bond donors (Lipinski definition) is 2. The second kappa shape index (κ2) is 7.85. The summed E-state index contributed by atoms with van der Waals surface area (Å²) in [5, 5.41) is 19.2. The Balaban J connectivity index is 2.29. The standard InChI is InChI=1S/C15H15NO4S3/c1-22-7-6-10(14(19)20)16-13(18)12(23-15(16)21)8-9-4-2-3-5-11(9)17/h2-5,8,10,17H,6-7H2,1H3,(H,19,20)/b12-8-. The Morgan fingerprint density at radius 2 is 2.17 bits per heavy atom. The number of nitrogens with zero attached hydrogens (tertiary/aromatic N) is 1. The number of amides is 1. The molecule has 2 rings (SSSR count). The molecule has 1 aliphatic rings. The van der Waals surface area contributed by atoms with E-state index in [-0.39, 0.29) is 10.1 Å². The summed E-state index contributed by atoms with van der Waals surface area (Å²) < 4.78 is 0.227. The Morgan fingerprint density at radius 3 is 2.78 bits per heavy atom. The minimum atomic E-state index is -1.07. The lowest BCUT2D eigenvalue weighted by Crippen LogP contribution is -2.44. The van der Waals surface area contributed by atoms with E-state index in [9.17, 15) is 19.8 Å². The topological polar surface area (TPSA) is 77.8 Å². The average molecular weight is 369 g/mol. The molecule has 1 saturated heterocycles. The highest BCUT2D eigenvalue weighted by atomic mass is 32.2. The van der Waals surface area contributed by atoms with E-state index in [1.165, 1.54) is 23.9 Å². The predicted octanol–water partition coefficient (Wildman–Crippen LogP) is 2.80. The van der Waals surface area contributed by atoms with Crippen LogP contribution in [-0.2, 0) is 9.59 Å². The van der Waals surface area contributed by atoms with Crippen LogP contribution in [0.2, 0.25) is 0 Å². The number of thiocarbonyl (C=S) groups is 1. The zero-order chi connectivity index (χ0) is 17.0. The number of carbonyl (C=O) groups is 2. The third kappa shape index (κ3) is 4.07. The van der Waals surface area contributed by atoms with Crippen LogP contribution in [0.15, 0.2) is 29.2 Å². The number of hydrogen-bond acceptors (Lipinski definition) is 6. The number of phenols is 1. The highest BCUT2D eigenvalue weighted by molar-refractivity contribution is 8.26. The Hall–Kier alpha value is -1.51. The average Bonchev–Trinajstić information content (AvgIpc) is 2.77. The highest BCUT2D eigenvalue weighted by Gasteiger charge is 2.40. The smallest absolute Gasteiger partial charge is 0.326 e. The van der Waals surface area contributed by atoms with Crippen molar-refractivity contribution in [2.45, 2.75) is 12.5 Å². The number of phenolic OH excluding ortho intramolecular Hbond substituents is 1. The molecule has 1 atom stereocenters. The van der Waals surface area contributed by atoms with Gasteiger partial charge in [-0.2, -0.15) is 11.8 Å². The summed E-state index contributed by atoms with van der Waals surface area (Å²) in [4.78, 5) is 25.5. The van der Waals surface area contributed by atoms with Crippen LogP contribution in [0.25, 0.3) is 6.08 Å². The molecule has 23 heavy (non-hydrogen) atoms. The van der Waals surface area contributed by atoms with Crippen LogP contribution >= 0.6 is 35.7 Å². The molecule has 1 fully saturated rings. The van der Waals surface area contributed by atoms with Crippen molar-refractivity contribution in [3.8, 4) is 5.75 Å². The van der Waals surface area contributed by atoms with Gasteiger partial charge in [-0.1, -0.05) is 42.2 Å². The molecule has 0 bridgehead atoms. The number of para-hydroxylation sites is 1. The summed E-state index contributed by atoms with van der Waals surface area (Å²) in [5.41, 5.74) is 0.490. The number of rotatable bonds is 6. The van der Waals surface area contributed by atoms with Crippen molar-refractivity contribution in [2.75, 3.05) is 12.0 Å². The van der Waals surface area contributed by atoms with Crippen molar-refractivity contribution >= 4 is 58.0 Å². The number of carboxylic acids is 1. The van der Waals surface area contributed by atoms with Crippen LogP contribution in [0, 0.1) is 0 Å². The summed E-state index contributed by atoms with van der Waals surface area (Å²) >= 11 is 7.75. The maximum Gasteiger partial charge on any atom is 0.326 e. The normalized spacial score (nSPS) is 17.8. The molecule has 1 aliphatic heterocycles. The molecule has 0 aromatic heterocycles. The zero-order valence-corrected chi connectivity index (χ0v) is 14.7. The molecule has 1 aromatic carbocycles. The SMILES string of the molecule is CSCCC(C(=O)O)N1C(=O)/C(=C/c2ccccc2O)SC1=S. The fourth-order valence-electron chi connectivity index (χ4n) is 2.09. The van der Waals surface area contributed by atoms with Gasteiger partial charge >= 0.3 is 5.97 Å². The molecular formula is C15H15NO4S3. The molecule has 1 unspecified atom stereocenters. The fraction of sp³-hybridized carbons (Fsp3) is 0.267. The van der Waals surface area contributed by atoms with Crippen LogP contribution in [-0.4, -0.2) is 49.4 Å². The number of aromatic hydroxyl groups is 1. The molecule has 8 heteroatoms. The van der Waals surface area contributed by atoms with Gasteiger partial charge in [-0.15, -0.1) is 0 Å². The number of carboxylic acid groups (broad SMARTS) is 1. The van der Waals surface area contributed by atoms with Crippen LogP contribution < -0.4 is 0 Å². The second-order valence-electron chi connectivity index (χ2n) is 4.75. The first kappa shape index (κ1) is 17.8. The van der Waals surface area contributed by atoms with E-state index in [1.807, 2.05) is 6.26 Å². The molecule has 122 valence electrons. The fourth-order valence-corrected chi connectivity index (χ4v) is 3.90. The van der Waals surface area contributed by atoms with Crippen molar-refractivity contribution in [1.29, 1.82) is 0 Å². The third-order valence-electron chi connectivity index (χ3n) is 3.24. The summed E-state index contributed by atoms with van der Waals surface area (Å²) in [5.74, 6) is -0.835. The van der Waals surface area contributed by atoms with E-state index in [0.29, 0.717) is 22.6 Å². The molecule has 5 nitrogen and oxygen atoms in total. The van der Waals surface area contributed by atoms with E-state index in [2.05, 4.69) is 0 Å². The van der Waals surface area contributed by atoms with Gasteiger partial charge < -0.3 is 10.2 Å². The van der Waals surface area contributed by atoms with Crippen LogP contribution in [0.4, 0.5) is 0 Å². The minimum absolute atomic E-state index is 0.0509. The largest absolute Gasteiger partial charge is 0.507 e. The first-order valence-electron chi connectivity index (χ1n) is 6.72. The van der Waals surface area contributed by atoms with Gasteiger partial charge in [-0.05, 0) is 30.6 Å². The van der Waals surface area contributed by atoms with Gasteiger partial charge in [-0.3, -0.25) is 9.69 Å². The molecule has 2 N–H and O–H groups in total. The molecule has 0 saturated carbocycles. The van der Waals surface area contributed by atoms with Gasteiger partial charge in [0.2, 0.25) is 0 Å². The van der Waals surface area contributed by atoms with E-state index in [4.69, 9.17) is 12.2 Å². The number of thioether (sulfide) groups is 2. The Kier molecular flexibility index (Phi) is 6.09. The number of carbonyl (C=O) groups excluding carboxylic acids is 1. The lowest BCUT2D eigenvalue weighted by Gasteiger charge is -2.22. The van der Waals surface area contributed by atoms with E-state index >= 15 is 0 Å². The summed E-state index contributed by atoms with van der Waals surface area (Å²) in [6.07, 6.45) is 3.73. The molecular weight excluding hydrogens is 354 g/mol. The predicted molar refractivity (Wildman–Crippen MR) is 97.5 cm³/mol. The minimum Gasteiger partial charge on any atom is -0.507 e.